The number of imidazole rings is 1. The Morgan fingerprint density at radius 3 is 2.65 bits per heavy atom. The van der Waals surface area contributed by atoms with Crippen molar-refractivity contribution in [2.45, 2.75) is 51.3 Å². The average molecular weight is 481 g/mol. The van der Waals surface area contributed by atoms with Crippen LogP contribution in [0, 0.1) is 22.6 Å². The van der Waals surface area contributed by atoms with Crippen molar-refractivity contribution in [2.24, 2.45) is 5.41 Å². The Morgan fingerprint density at radius 2 is 1.94 bits per heavy atom. The highest BCUT2D eigenvalue weighted by atomic mass is 35.5. The van der Waals surface area contributed by atoms with E-state index in [0.29, 0.717) is 23.8 Å². The topological polar surface area (TPSA) is 79.9 Å². The third kappa shape index (κ3) is 5.37. The van der Waals surface area contributed by atoms with Gasteiger partial charge in [-0.15, -0.1) is 0 Å². The molecule has 0 radical (unpaired) electrons. The van der Waals surface area contributed by atoms with Crippen LogP contribution in [0.4, 0.5) is 4.39 Å². The standard InChI is InChI=1S/C25H26ClFN6O/c26-19-3-1-18(2-4-19)13-22-30-14-21(27)24(31-22)34-20-5-10-32(11-6-20)15-23-29-9-12-33(23)17-25(16-28)7-8-25/h1-4,9,12,14,20H,5-8,10-11,13,15,17H2. The molecule has 2 fully saturated rings. The number of rotatable bonds is 8. The maximum absolute atomic E-state index is 14.3. The Morgan fingerprint density at radius 1 is 1.18 bits per heavy atom. The van der Waals surface area contributed by atoms with Gasteiger partial charge in [-0.3, -0.25) is 4.90 Å². The molecular formula is C25H26ClFN6O. The number of nitriles is 1. The number of piperidine rings is 1. The van der Waals surface area contributed by atoms with E-state index in [1.54, 1.807) is 6.20 Å². The van der Waals surface area contributed by atoms with E-state index in [-0.39, 0.29) is 17.4 Å². The van der Waals surface area contributed by atoms with Crippen molar-refractivity contribution in [1.82, 2.24) is 24.4 Å². The van der Waals surface area contributed by atoms with Crippen LogP contribution in [0.2, 0.25) is 5.02 Å². The fourth-order valence-corrected chi connectivity index (χ4v) is 4.43. The second kappa shape index (κ2) is 9.69. The quantitative estimate of drug-likeness (QED) is 0.475. The van der Waals surface area contributed by atoms with Crippen LogP contribution in [0.15, 0.2) is 42.9 Å². The molecule has 3 heterocycles. The molecule has 1 aliphatic carbocycles. The first-order valence-electron chi connectivity index (χ1n) is 11.6. The summed E-state index contributed by atoms with van der Waals surface area (Å²) in [7, 11) is 0. The molecule has 1 saturated heterocycles. The van der Waals surface area contributed by atoms with E-state index in [0.717, 1.165) is 56.7 Å². The lowest BCUT2D eigenvalue weighted by molar-refractivity contribution is 0.0872. The largest absolute Gasteiger partial charge is 0.472 e. The van der Waals surface area contributed by atoms with Gasteiger partial charge in [0, 0.05) is 43.5 Å². The van der Waals surface area contributed by atoms with Crippen LogP contribution in [-0.2, 0) is 19.5 Å². The number of nitrogens with zero attached hydrogens (tertiary/aromatic N) is 6. The SMILES string of the molecule is N#CC1(Cn2ccnc2CN2CCC(Oc3nc(Cc4ccc(Cl)cc4)ncc3F)CC2)CC1. The zero-order valence-electron chi connectivity index (χ0n) is 18.8. The lowest BCUT2D eigenvalue weighted by Gasteiger charge is -2.31. The molecule has 9 heteroatoms. The van der Waals surface area contributed by atoms with Gasteiger partial charge in [0.15, 0.2) is 0 Å². The van der Waals surface area contributed by atoms with Crippen molar-refractivity contribution >= 4 is 11.6 Å². The summed E-state index contributed by atoms with van der Waals surface area (Å²) in [6, 6.07) is 9.88. The summed E-state index contributed by atoms with van der Waals surface area (Å²) in [5.74, 6) is 0.957. The first-order valence-corrected chi connectivity index (χ1v) is 12.0. The third-order valence-corrected chi connectivity index (χ3v) is 6.83. The van der Waals surface area contributed by atoms with Crippen LogP contribution in [0.1, 0.15) is 42.9 Å². The minimum Gasteiger partial charge on any atom is -0.472 e. The molecule has 0 bridgehead atoms. The van der Waals surface area contributed by atoms with Crippen molar-refractivity contribution in [3.63, 3.8) is 0 Å². The number of hydrogen-bond acceptors (Lipinski definition) is 6. The molecule has 2 aromatic heterocycles. The lowest BCUT2D eigenvalue weighted by Crippen LogP contribution is -2.38. The van der Waals surface area contributed by atoms with E-state index in [2.05, 4.69) is 30.5 Å². The molecule has 0 spiro atoms. The lowest BCUT2D eigenvalue weighted by atomic mass is 10.1. The zero-order valence-corrected chi connectivity index (χ0v) is 19.6. The fourth-order valence-electron chi connectivity index (χ4n) is 4.30. The zero-order chi connectivity index (χ0) is 23.5. The normalized spacial score (nSPS) is 17.9. The molecule has 0 atom stereocenters. The van der Waals surface area contributed by atoms with Gasteiger partial charge in [0.25, 0.3) is 5.88 Å². The number of halogens is 2. The maximum Gasteiger partial charge on any atom is 0.254 e. The molecule has 1 saturated carbocycles. The van der Waals surface area contributed by atoms with Crippen molar-refractivity contribution in [3.05, 3.63) is 70.9 Å². The summed E-state index contributed by atoms with van der Waals surface area (Å²) < 4.78 is 22.4. The molecule has 5 rings (SSSR count). The number of aromatic nitrogens is 4. The van der Waals surface area contributed by atoms with Gasteiger partial charge in [0.1, 0.15) is 17.8 Å². The highest BCUT2D eigenvalue weighted by Gasteiger charge is 2.43. The molecule has 0 amide bonds. The fraction of sp³-hybridized carbons (Fsp3) is 0.440. The Bertz CT molecular complexity index is 1180. The van der Waals surface area contributed by atoms with Crippen molar-refractivity contribution in [2.75, 3.05) is 13.1 Å². The van der Waals surface area contributed by atoms with Crippen LogP contribution < -0.4 is 4.74 Å². The average Bonchev–Trinajstić information content (AvgIpc) is 3.50. The van der Waals surface area contributed by atoms with Crippen LogP contribution in [0.3, 0.4) is 0 Å². The highest BCUT2D eigenvalue weighted by Crippen LogP contribution is 2.46. The maximum atomic E-state index is 14.3. The predicted molar refractivity (Wildman–Crippen MR) is 125 cm³/mol. The van der Waals surface area contributed by atoms with Gasteiger partial charge in [-0.25, -0.2) is 9.97 Å². The summed E-state index contributed by atoms with van der Waals surface area (Å²) in [6.07, 6.45) is 8.80. The van der Waals surface area contributed by atoms with Crippen LogP contribution >= 0.6 is 11.6 Å². The minimum atomic E-state index is -0.546. The van der Waals surface area contributed by atoms with Gasteiger partial charge in [-0.2, -0.15) is 14.6 Å². The van der Waals surface area contributed by atoms with Gasteiger partial charge >= 0.3 is 0 Å². The second-order valence-electron chi connectivity index (χ2n) is 9.20. The third-order valence-electron chi connectivity index (χ3n) is 6.58. The van der Waals surface area contributed by atoms with Gasteiger partial charge in [0.2, 0.25) is 5.82 Å². The molecule has 0 unspecified atom stereocenters. The van der Waals surface area contributed by atoms with Gasteiger partial charge in [0.05, 0.1) is 24.2 Å². The Kier molecular flexibility index (Phi) is 6.48. The molecule has 0 N–H and O–H groups in total. The first-order chi connectivity index (χ1) is 16.5. The molecule has 2 aliphatic rings. The van der Waals surface area contributed by atoms with E-state index in [9.17, 15) is 9.65 Å². The number of ether oxygens (including phenoxy) is 1. The van der Waals surface area contributed by atoms with E-state index >= 15 is 0 Å². The van der Waals surface area contributed by atoms with Crippen LogP contribution in [0.5, 0.6) is 5.88 Å². The molecule has 34 heavy (non-hydrogen) atoms. The summed E-state index contributed by atoms with van der Waals surface area (Å²) in [5.41, 5.74) is 0.792. The summed E-state index contributed by atoms with van der Waals surface area (Å²) in [5, 5.41) is 10.1. The monoisotopic (exact) mass is 480 g/mol. The van der Waals surface area contributed by atoms with Crippen molar-refractivity contribution in [3.8, 4) is 11.9 Å². The Labute approximate surface area is 203 Å². The predicted octanol–water partition coefficient (Wildman–Crippen LogP) is 4.40. The molecule has 3 aromatic rings. The molecule has 7 nitrogen and oxygen atoms in total. The van der Waals surface area contributed by atoms with Gasteiger partial charge in [-0.05, 0) is 43.4 Å². The summed E-state index contributed by atoms with van der Waals surface area (Å²) in [6.45, 7) is 3.09. The van der Waals surface area contributed by atoms with E-state index < -0.39 is 5.82 Å². The summed E-state index contributed by atoms with van der Waals surface area (Å²) >= 11 is 5.94. The molecular weight excluding hydrogens is 455 g/mol. The van der Waals surface area contributed by atoms with E-state index in [1.807, 2.05) is 30.5 Å². The van der Waals surface area contributed by atoms with E-state index in [1.165, 1.54) is 6.20 Å². The Balaban J connectivity index is 1.15. The number of benzene rings is 1. The minimum absolute atomic E-state index is 0.0131. The van der Waals surface area contributed by atoms with Gasteiger partial charge in [-0.1, -0.05) is 23.7 Å². The molecule has 1 aromatic carbocycles. The van der Waals surface area contributed by atoms with Crippen molar-refractivity contribution < 1.29 is 9.13 Å². The smallest absolute Gasteiger partial charge is 0.254 e. The second-order valence-corrected chi connectivity index (χ2v) is 9.64. The number of hydrogen-bond donors (Lipinski definition) is 0. The molecule has 1 aliphatic heterocycles. The summed E-state index contributed by atoms with van der Waals surface area (Å²) in [4.78, 5) is 15.3. The van der Waals surface area contributed by atoms with Crippen molar-refractivity contribution in [1.29, 1.82) is 5.26 Å². The van der Waals surface area contributed by atoms with Crippen LogP contribution in [-0.4, -0.2) is 43.6 Å². The highest BCUT2D eigenvalue weighted by molar-refractivity contribution is 6.30. The molecule has 176 valence electrons. The first kappa shape index (κ1) is 22.8. The Hall–Kier alpha value is -3.02. The number of likely N-dealkylation sites (tertiary alicyclic amines) is 1. The van der Waals surface area contributed by atoms with Crippen LogP contribution in [0.25, 0.3) is 0 Å². The van der Waals surface area contributed by atoms with E-state index in [4.69, 9.17) is 16.3 Å². The van der Waals surface area contributed by atoms with Gasteiger partial charge < -0.3 is 9.30 Å².